The maximum atomic E-state index is 15.0. The highest BCUT2D eigenvalue weighted by Gasteiger charge is 2.65. The molecular formula is C25H16ClF5N2O2S. The van der Waals surface area contributed by atoms with Crippen LogP contribution >= 0.6 is 23.4 Å². The number of anilines is 1. The summed E-state index contributed by atoms with van der Waals surface area (Å²) < 4.78 is 72.4. The summed E-state index contributed by atoms with van der Waals surface area (Å²) in [6.45, 7) is 0. The van der Waals surface area contributed by atoms with E-state index in [1.807, 2.05) is 5.32 Å². The number of Topliss-reactive ketones (excluding diaryl/α,β-unsaturated/α-hetero) is 1. The Balaban J connectivity index is 2.06. The van der Waals surface area contributed by atoms with Crippen molar-refractivity contribution in [1.29, 1.82) is 0 Å². The van der Waals surface area contributed by atoms with Gasteiger partial charge in [0.1, 0.15) is 17.2 Å². The first-order valence-electron chi connectivity index (χ1n) is 10.3. The lowest BCUT2D eigenvalue weighted by Gasteiger charge is -2.50. The Morgan fingerprint density at radius 2 is 1.44 bits per heavy atom. The molecular weight excluding hydrogens is 523 g/mol. The van der Waals surface area contributed by atoms with Crippen LogP contribution in [0.15, 0.2) is 83.4 Å². The van der Waals surface area contributed by atoms with E-state index in [0.29, 0.717) is 5.02 Å². The molecule has 0 aliphatic carbocycles. The van der Waals surface area contributed by atoms with E-state index in [9.17, 15) is 18.4 Å². The Morgan fingerprint density at radius 3 is 1.94 bits per heavy atom. The first-order valence-corrected chi connectivity index (χ1v) is 11.9. The molecule has 0 radical (unpaired) electrons. The zero-order chi connectivity index (χ0) is 26.3. The van der Waals surface area contributed by atoms with E-state index < -0.39 is 46.3 Å². The van der Waals surface area contributed by atoms with Crippen molar-refractivity contribution < 1.29 is 31.5 Å². The third kappa shape index (κ3) is 4.35. The molecule has 0 fully saturated rings. The predicted octanol–water partition coefficient (Wildman–Crippen LogP) is 6.43. The lowest BCUT2D eigenvalue weighted by Crippen LogP contribution is -2.69. The second-order valence-electron chi connectivity index (χ2n) is 7.70. The van der Waals surface area contributed by atoms with Crippen LogP contribution in [-0.4, -0.2) is 24.1 Å². The number of nitrogens with one attached hydrogen (secondary N) is 1. The van der Waals surface area contributed by atoms with Crippen LogP contribution in [0.4, 0.5) is 27.6 Å². The lowest BCUT2D eigenvalue weighted by molar-refractivity contribution is -0.201. The first-order chi connectivity index (χ1) is 17.0. The number of ketones is 1. The van der Waals surface area contributed by atoms with Gasteiger partial charge in [-0.1, -0.05) is 23.7 Å². The SMILES string of the molecule is CSC1=C(C(=O)c2ccc(Cl)cc2)C(=O)N[C@@](c2ccc(F)cc2)(C(F)(F)F)N1c1ccc(F)cc1. The lowest BCUT2D eigenvalue weighted by atomic mass is 9.91. The number of benzene rings is 3. The molecule has 1 amide bonds. The van der Waals surface area contributed by atoms with Gasteiger partial charge in [-0.05, 0) is 66.9 Å². The number of rotatable bonds is 5. The largest absolute Gasteiger partial charge is 0.435 e. The molecule has 4 nitrogen and oxygen atoms in total. The first kappa shape index (κ1) is 25.7. The van der Waals surface area contributed by atoms with Crippen LogP contribution in [0, 0.1) is 11.6 Å². The van der Waals surface area contributed by atoms with E-state index in [0.717, 1.165) is 65.2 Å². The van der Waals surface area contributed by atoms with Crippen molar-refractivity contribution in [2.75, 3.05) is 11.2 Å². The maximum Gasteiger partial charge on any atom is 0.435 e. The van der Waals surface area contributed by atoms with E-state index in [-0.39, 0.29) is 16.3 Å². The van der Waals surface area contributed by atoms with Gasteiger partial charge in [0.2, 0.25) is 11.4 Å². The second-order valence-corrected chi connectivity index (χ2v) is 8.93. The standard InChI is InChI=1S/C25H16ClF5N2O2S/c1-36-23-20(21(34)14-2-6-16(26)7-3-14)22(35)32-24(25(29,30)31,15-4-8-17(27)9-5-15)33(23)19-12-10-18(28)11-13-19/h2-13H,1H3,(H,32,35)/t24-/m1/s1. The summed E-state index contributed by atoms with van der Waals surface area (Å²) in [5.74, 6) is -3.60. The molecule has 0 unspecified atom stereocenters. The van der Waals surface area contributed by atoms with Gasteiger partial charge in [-0.25, -0.2) is 8.78 Å². The number of carbonyl (C=O) groups is 2. The summed E-state index contributed by atoms with van der Waals surface area (Å²) in [5, 5.41) is 1.96. The Bertz CT molecular complexity index is 1340. The smallest absolute Gasteiger partial charge is 0.317 e. The second kappa shape index (κ2) is 9.59. The molecule has 1 atom stereocenters. The molecule has 0 bridgehead atoms. The zero-order valence-corrected chi connectivity index (χ0v) is 19.9. The van der Waals surface area contributed by atoms with Gasteiger partial charge in [0.25, 0.3) is 5.91 Å². The number of nitrogens with zero attached hydrogens (tertiary/aromatic N) is 1. The van der Waals surface area contributed by atoms with Gasteiger partial charge in [-0.3, -0.25) is 14.5 Å². The highest BCUT2D eigenvalue weighted by atomic mass is 35.5. The van der Waals surface area contributed by atoms with Crippen molar-refractivity contribution in [2.24, 2.45) is 0 Å². The normalized spacial score (nSPS) is 18.3. The minimum absolute atomic E-state index is 0.0245. The van der Waals surface area contributed by atoms with Crippen LogP contribution < -0.4 is 10.2 Å². The molecule has 3 aromatic rings. The molecule has 0 spiro atoms. The van der Waals surface area contributed by atoms with Crippen LogP contribution in [0.2, 0.25) is 5.02 Å². The summed E-state index contributed by atoms with van der Waals surface area (Å²) in [4.78, 5) is 27.4. The van der Waals surface area contributed by atoms with E-state index in [2.05, 4.69) is 0 Å². The van der Waals surface area contributed by atoms with Crippen LogP contribution in [0.3, 0.4) is 0 Å². The molecule has 4 rings (SSSR count). The Morgan fingerprint density at radius 1 is 0.917 bits per heavy atom. The fourth-order valence-electron chi connectivity index (χ4n) is 3.94. The monoisotopic (exact) mass is 538 g/mol. The number of amides is 1. The fraction of sp³-hybridized carbons (Fsp3) is 0.120. The number of alkyl halides is 3. The van der Waals surface area contributed by atoms with Crippen LogP contribution in [0.1, 0.15) is 15.9 Å². The number of thioether (sulfide) groups is 1. The zero-order valence-electron chi connectivity index (χ0n) is 18.4. The molecule has 0 saturated heterocycles. The van der Waals surface area contributed by atoms with Gasteiger partial charge >= 0.3 is 6.18 Å². The Hall–Kier alpha value is -3.37. The maximum absolute atomic E-state index is 15.0. The highest BCUT2D eigenvalue weighted by Crippen LogP contribution is 2.50. The minimum Gasteiger partial charge on any atom is -0.317 e. The Kier molecular flexibility index (Phi) is 6.85. The van der Waals surface area contributed by atoms with Crippen molar-refractivity contribution in [3.63, 3.8) is 0 Å². The number of carbonyl (C=O) groups excluding carboxylic acids is 2. The summed E-state index contributed by atoms with van der Waals surface area (Å²) in [6.07, 6.45) is -3.77. The predicted molar refractivity (Wildman–Crippen MR) is 127 cm³/mol. The fourth-order valence-corrected chi connectivity index (χ4v) is 4.88. The van der Waals surface area contributed by atoms with Gasteiger partial charge in [-0.2, -0.15) is 13.2 Å². The van der Waals surface area contributed by atoms with E-state index in [4.69, 9.17) is 11.6 Å². The van der Waals surface area contributed by atoms with Gasteiger partial charge in [0.05, 0.1) is 5.03 Å². The van der Waals surface area contributed by atoms with Crippen molar-refractivity contribution in [2.45, 2.75) is 11.8 Å². The van der Waals surface area contributed by atoms with Crippen molar-refractivity contribution in [3.05, 3.63) is 111 Å². The summed E-state index contributed by atoms with van der Waals surface area (Å²) in [6, 6.07) is 13.0. The quantitative estimate of drug-likeness (QED) is 0.231. The number of hydrogen-bond acceptors (Lipinski definition) is 4. The molecule has 0 saturated carbocycles. The molecule has 3 aromatic carbocycles. The summed E-state index contributed by atoms with van der Waals surface area (Å²) in [5.41, 5.74) is -4.44. The van der Waals surface area contributed by atoms with Crippen molar-refractivity contribution in [1.82, 2.24) is 5.32 Å². The van der Waals surface area contributed by atoms with E-state index in [1.165, 1.54) is 30.5 Å². The number of hydrogen-bond donors (Lipinski definition) is 1. The van der Waals surface area contributed by atoms with Gasteiger partial charge < -0.3 is 5.32 Å². The van der Waals surface area contributed by atoms with Crippen LogP contribution in [0.25, 0.3) is 0 Å². The topological polar surface area (TPSA) is 49.4 Å². The van der Waals surface area contributed by atoms with Crippen LogP contribution in [0.5, 0.6) is 0 Å². The minimum atomic E-state index is -5.18. The van der Waals surface area contributed by atoms with Gasteiger partial charge in [0, 0.05) is 21.8 Å². The summed E-state index contributed by atoms with van der Waals surface area (Å²) >= 11 is 6.61. The highest BCUT2D eigenvalue weighted by molar-refractivity contribution is 8.02. The van der Waals surface area contributed by atoms with Crippen molar-refractivity contribution in [3.8, 4) is 0 Å². The summed E-state index contributed by atoms with van der Waals surface area (Å²) in [7, 11) is 0. The number of halogens is 6. The van der Waals surface area contributed by atoms with Gasteiger partial charge in [-0.15, -0.1) is 11.8 Å². The Labute approximate surface area is 211 Å². The average molecular weight is 539 g/mol. The average Bonchev–Trinajstić information content (AvgIpc) is 2.83. The molecule has 1 N–H and O–H groups in total. The molecule has 1 aliphatic heterocycles. The van der Waals surface area contributed by atoms with Gasteiger partial charge in [0.15, 0.2) is 0 Å². The molecule has 36 heavy (non-hydrogen) atoms. The molecule has 186 valence electrons. The molecule has 1 heterocycles. The van der Waals surface area contributed by atoms with E-state index >= 15 is 13.2 Å². The van der Waals surface area contributed by atoms with E-state index in [1.54, 1.807) is 0 Å². The van der Waals surface area contributed by atoms with Crippen LogP contribution in [-0.2, 0) is 10.5 Å². The third-order valence-corrected chi connectivity index (χ3v) is 6.58. The third-order valence-electron chi connectivity index (χ3n) is 5.56. The van der Waals surface area contributed by atoms with Crippen molar-refractivity contribution >= 4 is 40.7 Å². The molecule has 1 aliphatic rings. The molecule has 11 heteroatoms. The molecule has 0 aromatic heterocycles.